The monoisotopic (exact) mass is 464 g/mol. The molecule has 3 fully saturated rings. The minimum absolute atomic E-state index is 0.207. The fraction of sp³-hybridized carbons (Fsp3) is 0.481. The smallest absolute Gasteiger partial charge is 0.328 e. The van der Waals surface area contributed by atoms with Crippen molar-refractivity contribution >= 4 is 17.6 Å². The number of rotatable bonds is 5. The third-order valence-corrected chi connectivity index (χ3v) is 7.47. The molecular formula is C27H33FN4O2. The Morgan fingerprint density at radius 2 is 1.85 bits per heavy atom. The zero-order chi connectivity index (χ0) is 23.5. The number of hydrogen-bond acceptors (Lipinski definition) is 4. The van der Waals surface area contributed by atoms with Crippen molar-refractivity contribution in [2.75, 3.05) is 25.1 Å². The average molecular weight is 465 g/mol. The van der Waals surface area contributed by atoms with Gasteiger partial charge in [0.2, 0.25) is 0 Å². The van der Waals surface area contributed by atoms with Gasteiger partial charge in [0.05, 0.1) is 13.2 Å². The predicted molar refractivity (Wildman–Crippen MR) is 132 cm³/mol. The maximum absolute atomic E-state index is 14.1. The number of urea groups is 1. The first-order valence-corrected chi connectivity index (χ1v) is 12.4. The first kappa shape index (κ1) is 22.8. The highest BCUT2D eigenvalue weighted by Crippen LogP contribution is 2.39. The average Bonchev–Trinajstić information content (AvgIpc) is 3.11. The first-order valence-electron chi connectivity index (χ1n) is 12.4. The first-order chi connectivity index (χ1) is 16.6. The van der Waals surface area contributed by atoms with Crippen LogP contribution in [0.15, 0.2) is 53.5 Å². The van der Waals surface area contributed by atoms with Gasteiger partial charge in [0, 0.05) is 25.3 Å². The number of aliphatic imine (C=N–C) groups is 1. The molecule has 180 valence electrons. The van der Waals surface area contributed by atoms with E-state index in [0.717, 1.165) is 56.9 Å². The second kappa shape index (κ2) is 9.74. The highest BCUT2D eigenvalue weighted by atomic mass is 19.1. The Morgan fingerprint density at radius 3 is 2.59 bits per heavy atom. The number of halogens is 1. The third kappa shape index (κ3) is 4.53. The number of nitrogens with zero attached hydrogens (tertiary/aromatic N) is 3. The summed E-state index contributed by atoms with van der Waals surface area (Å²) < 4.78 is 19.5. The Bertz CT molecular complexity index is 1060. The van der Waals surface area contributed by atoms with Crippen LogP contribution in [0.5, 0.6) is 5.75 Å². The molecule has 2 amide bonds. The van der Waals surface area contributed by atoms with Gasteiger partial charge in [-0.15, -0.1) is 0 Å². The quantitative estimate of drug-likeness (QED) is 0.667. The molecule has 34 heavy (non-hydrogen) atoms. The Kier molecular flexibility index (Phi) is 6.55. The molecule has 5 rings (SSSR count). The van der Waals surface area contributed by atoms with Gasteiger partial charge in [0.15, 0.2) is 0 Å². The number of amides is 2. The topological polar surface area (TPSA) is 57.2 Å². The number of ether oxygens (including phenoxy) is 1. The molecule has 2 heterocycles. The lowest BCUT2D eigenvalue weighted by Crippen LogP contribution is -2.57. The van der Waals surface area contributed by atoms with Gasteiger partial charge in [-0.2, -0.15) is 0 Å². The van der Waals surface area contributed by atoms with E-state index < -0.39 is 5.54 Å². The number of carbonyl (C=O) groups excluding carboxylic acids is 1. The highest BCUT2D eigenvalue weighted by molar-refractivity contribution is 6.19. The number of amidine groups is 1. The van der Waals surface area contributed by atoms with E-state index in [1.165, 1.54) is 37.0 Å². The number of anilines is 1. The molecule has 2 aliphatic heterocycles. The molecule has 2 saturated heterocycles. The zero-order valence-electron chi connectivity index (χ0n) is 19.8. The van der Waals surface area contributed by atoms with Crippen LogP contribution >= 0.6 is 0 Å². The summed E-state index contributed by atoms with van der Waals surface area (Å²) in [6.07, 6.45) is 7.26. The van der Waals surface area contributed by atoms with Gasteiger partial charge < -0.3 is 4.74 Å². The van der Waals surface area contributed by atoms with Crippen LogP contribution in [0.2, 0.25) is 0 Å². The van der Waals surface area contributed by atoms with Crippen molar-refractivity contribution in [2.45, 2.75) is 63.1 Å². The molecule has 0 aromatic heterocycles. The lowest BCUT2D eigenvalue weighted by Gasteiger charge is -2.44. The van der Waals surface area contributed by atoms with E-state index in [-0.39, 0.29) is 17.9 Å². The summed E-state index contributed by atoms with van der Waals surface area (Å²) in [4.78, 5) is 22.5. The molecule has 1 N–H and O–H groups in total. The maximum atomic E-state index is 14.1. The molecule has 0 atom stereocenters. The normalized spacial score (nSPS) is 22.4. The Hall–Kier alpha value is -2.93. The summed E-state index contributed by atoms with van der Waals surface area (Å²) in [5.74, 6) is 1.29. The van der Waals surface area contributed by atoms with Gasteiger partial charge >= 0.3 is 6.03 Å². The maximum Gasteiger partial charge on any atom is 0.328 e. The van der Waals surface area contributed by atoms with E-state index in [1.807, 2.05) is 18.2 Å². The van der Waals surface area contributed by atoms with Crippen LogP contribution in [-0.4, -0.2) is 48.5 Å². The summed E-state index contributed by atoms with van der Waals surface area (Å²) in [7, 11) is 1.68. The molecule has 1 saturated carbocycles. The third-order valence-electron chi connectivity index (χ3n) is 7.47. The number of hydrogen-bond donors (Lipinski definition) is 1. The van der Waals surface area contributed by atoms with Crippen molar-refractivity contribution in [3.05, 3.63) is 59.9 Å². The van der Waals surface area contributed by atoms with Crippen molar-refractivity contribution < 1.29 is 13.9 Å². The van der Waals surface area contributed by atoms with Crippen molar-refractivity contribution in [3.8, 4) is 5.75 Å². The Labute approximate surface area is 200 Å². The zero-order valence-corrected chi connectivity index (χ0v) is 19.8. The number of nitrogens with one attached hydrogen (secondary N) is 1. The van der Waals surface area contributed by atoms with Crippen molar-refractivity contribution in [1.29, 1.82) is 0 Å². The summed E-state index contributed by atoms with van der Waals surface area (Å²) in [5.41, 5.74) is 1.23. The van der Waals surface area contributed by atoms with Gasteiger partial charge in [0.1, 0.15) is 22.9 Å². The van der Waals surface area contributed by atoms with E-state index in [1.54, 1.807) is 18.1 Å². The lowest BCUT2D eigenvalue weighted by molar-refractivity contribution is 0.184. The van der Waals surface area contributed by atoms with Gasteiger partial charge in [-0.25, -0.2) is 9.18 Å². The molecule has 3 aliphatic rings. The fourth-order valence-electron chi connectivity index (χ4n) is 5.67. The van der Waals surface area contributed by atoms with Gasteiger partial charge in [0.25, 0.3) is 0 Å². The second-order valence-electron chi connectivity index (χ2n) is 9.67. The van der Waals surface area contributed by atoms with Crippen LogP contribution < -0.4 is 15.0 Å². The second-order valence-corrected chi connectivity index (χ2v) is 9.67. The van der Waals surface area contributed by atoms with Crippen LogP contribution in [-0.2, 0) is 6.54 Å². The van der Waals surface area contributed by atoms with Crippen LogP contribution in [0.1, 0.15) is 50.5 Å². The number of likely N-dealkylation sites (tertiary alicyclic amines) is 1. The fourth-order valence-corrected chi connectivity index (χ4v) is 5.67. The molecular weight excluding hydrogens is 431 g/mol. The van der Waals surface area contributed by atoms with Crippen molar-refractivity contribution in [2.24, 2.45) is 4.99 Å². The largest absolute Gasteiger partial charge is 0.497 e. The molecule has 6 nitrogen and oxygen atoms in total. The number of carbonyl (C=O) groups is 1. The highest BCUT2D eigenvalue weighted by Gasteiger charge is 2.53. The van der Waals surface area contributed by atoms with Crippen molar-refractivity contribution in [1.82, 2.24) is 10.2 Å². The Morgan fingerprint density at radius 1 is 1.09 bits per heavy atom. The van der Waals surface area contributed by atoms with Crippen LogP contribution in [0.3, 0.4) is 0 Å². The Balaban J connectivity index is 1.41. The van der Waals surface area contributed by atoms with Crippen LogP contribution in [0.4, 0.5) is 14.9 Å². The summed E-state index contributed by atoms with van der Waals surface area (Å²) in [5, 5.41) is 3.09. The van der Waals surface area contributed by atoms with E-state index in [9.17, 15) is 9.18 Å². The molecule has 1 aliphatic carbocycles. The number of piperidine rings is 1. The summed E-state index contributed by atoms with van der Waals surface area (Å²) in [6, 6.07) is 14.5. The SMILES string of the molecule is COc1cccc(CN2CCC3(CC2)C(=NC2CCCCC2)NC(=O)N3c2cccc(F)c2)c1. The molecule has 1 spiro atoms. The van der Waals surface area contributed by atoms with Crippen LogP contribution in [0.25, 0.3) is 0 Å². The molecule has 0 radical (unpaired) electrons. The van der Waals surface area contributed by atoms with Gasteiger partial charge in [-0.3, -0.25) is 20.1 Å². The van der Waals surface area contributed by atoms with E-state index in [4.69, 9.17) is 9.73 Å². The van der Waals surface area contributed by atoms with E-state index >= 15 is 0 Å². The number of benzene rings is 2. The minimum Gasteiger partial charge on any atom is -0.497 e. The summed E-state index contributed by atoms with van der Waals surface area (Å²) in [6.45, 7) is 2.47. The minimum atomic E-state index is -0.562. The molecule has 0 bridgehead atoms. The predicted octanol–water partition coefficient (Wildman–Crippen LogP) is 5.13. The lowest BCUT2D eigenvalue weighted by atomic mass is 9.84. The molecule has 0 unspecified atom stereocenters. The van der Waals surface area contributed by atoms with E-state index in [2.05, 4.69) is 22.3 Å². The van der Waals surface area contributed by atoms with Gasteiger partial charge in [-0.05, 0) is 61.6 Å². The molecule has 2 aromatic rings. The van der Waals surface area contributed by atoms with Crippen LogP contribution in [0, 0.1) is 5.82 Å². The number of methoxy groups -OCH3 is 1. The standard InChI is InChI=1S/C27H33FN4O2/c1-34-24-12-5-7-20(17-24)19-31-15-13-27(14-16-31)25(29-22-9-3-2-4-10-22)30-26(33)32(27)23-11-6-8-21(28)18-23/h5-8,11-12,17-18,22H,2-4,9-10,13-16,19H2,1H3,(H,29,30,33). The van der Waals surface area contributed by atoms with Gasteiger partial charge in [-0.1, -0.05) is 37.5 Å². The molecule has 2 aromatic carbocycles. The molecule has 7 heteroatoms. The van der Waals surface area contributed by atoms with Crippen molar-refractivity contribution in [3.63, 3.8) is 0 Å². The summed E-state index contributed by atoms with van der Waals surface area (Å²) >= 11 is 0. The van der Waals surface area contributed by atoms with E-state index in [0.29, 0.717) is 5.69 Å².